The van der Waals surface area contributed by atoms with Crippen LogP contribution in [0.5, 0.6) is 5.75 Å². The molecule has 0 bridgehead atoms. The summed E-state index contributed by atoms with van der Waals surface area (Å²) in [5.41, 5.74) is 0. The van der Waals surface area contributed by atoms with Gasteiger partial charge in [-0.3, -0.25) is 4.79 Å². The van der Waals surface area contributed by atoms with Crippen molar-refractivity contribution in [3.63, 3.8) is 0 Å². The van der Waals surface area contributed by atoms with E-state index < -0.39 is 18.0 Å². The summed E-state index contributed by atoms with van der Waals surface area (Å²) in [5.74, 6) is -1.44. The fourth-order valence-electron chi connectivity index (χ4n) is 2.29. The predicted octanol–water partition coefficient (Wildman–Crippen LogP) is 4.12. The van der Waals surface area contributed by atoms with Crippen LogP contribution in [0.25, 0.3) is 0 Å². The molecule has 0 aliphatic carbocycles. The second-order valence-corrected chi connectivity index (χ2v) is 6.68. The lowest BCUT2D eigenvalue weighted by Gasteiger charge is -2.33. The highest BCUT2D eigenvalue weighted by atomic mass is 127. The Hall–Kier alpha value is -0.700. The van der Waals surface area contributed by atoms with E-state index in [1.807, 2.05) is 22.6 Å². The molecule has 8 heteroatoms. The van der Waals surface area contributed by atoms with Gasteiger partial charge in [0.2, 0.25) is 0 Å². The molecule has 0 spiro atoms. The SMILES string of the molecule is O=C(COc1cc(Cl)ccc1I)N1CCCC(C(F)(F)F)C1. The standard InChI is InChI=1S/C14H14ClF3INO2/c15-10-3-4-11(19)12(6-10)22-8-13(21)20-5-1-2-9(7-20)14(16,17)18/h3-4,6,9H,1-2,5,7-8H2. The van der Waals surface area contributed by atoms with E-state index in [9.17, 15) is 18.0 Å². The number of likely N-dealkylation sites (tertiary alicyclic amines) is 1. The van der Waals surface area contributed by atoms with E-state index in [0.29, 0.717) is 23.7 Å². The van der Waals surface area contributed by atoms with Gasteiger partial charge in [-0.25, -0.2) is 0 Å². The predicted molar refractivity (Wildman–Crippen MR) is 85.0 cm³/mol. The molecule has 0 N–H and O–H groups in total. The highest BCUT2D eigenvalue weighted by molar-refractivity contribution is 14.1. The van der Waals surface area contributed by atoms with Crippen LogP contribution in [-0.2, 0) is 4.79 Å². The van der Waals surface area contributed by atoms with Crippen LogP contribution in [0.2, 0.25) is 5.02 Å². The quantitative estimate of drug-likeness (QED) is 0.653. The van der Waals surface area contributed by atoms with Crippen LogP contribution in [0.4, 0.5) is 13.2 Å². The molecule has 3 nitrogen and oxygen atoms in total. The molecular formula is C14H14ClF3INO2. The summed E-state index contributed by atoms with van der Waals surface area (Å²) in [5, 5.41) is 0.470. The molecule has 1 aliphatic heterocycles. The van der Waals surface area contributed by atoms with Crippen molar-refractivity contribution in [1.29, 1.82) is 0 Å². The Morgan fingerprint density at radius 3 is 2.86 bits per heavy atom. The first-order chi connectivity index (χ1) is 10.3. The van der Waals surface area contributed by atoms with Crippen molar-refractivity contribution >= 4 is 40.1 Å². The third kappa shape index (κ3) is 4.65. The maximum Gasteiger partial charge on any atom is 0.393 e. The molecule has 0 saturated carbocycles. The van der Waals surface area contributed by atoms with E-state index in [-0.39, 0.29) is 19.6 Å². The topological polar surface area (TPSA) is 29.5 Å². The lowest BCUT2D eigenvalue weighted by Crippen LogP contribution is -2.46. The van der Waals surface area contributed by atoms with Gasteiger partial charge < -0.3 is 9.64 Å². The molecule has 2 rings (SSSR count). The van der Waals surface area contributed by atoms with E-state index >= 15 is 0 Å². The first-order valence-corrected chi connectivity index (χ1v) is 8.15. The zero-order valence-corrected chi connectivity index (χ0v) is 14.4. The lowest BCUT2D eigenvalue weighted by atomic mass is 9.97. The summed E-state index contributed by atoms with van der Waals surface area (Å²) >= 11 is 7.88. The Labute approximate surface area is 144 Å². The van der Waals surface area contributed by atoms with Crippen molar-refractivity contribution in [2.75, 3.05) is 19.7 Å². The normalized spacial score (nSPS) is 19.1. The van der Waals surface area contributed by atoms with E-state index in [1.165, 1.54) is 4.90 Å². The van der Waals surface area contributed by atoms with E-state index in [4.69, 9.17) is 16.3 Å². The van der Waals surface area contributed by atoms with Crippen LogP contribution >= 0.6 is 34.2 Å². The Morgan fingerprint density at radius 1 is 1.45 bits per heavy atom. The van der Waals surface area contributed by atoms with Crippen LogP contribution in [0.15, 0.2) is 18.2 Å². The number of alkyl halides is 3. The number of nitrogens with zero attached hydrogens (tertiary/aromatic N) is 1. The van der Waals surface area contributed by atoms with Gasteiger partial charge in [0.25, 0.3) is 5.91 Å². The maximum absolute atomic E-state index is 12.7. The Bertz CT molecular complexity index is 553. The van der Waals surface area contributed by atoms with Crippen LogP contribution in [0.1, 0.15) is 12.8 Å². The van der Waals surface area contributed by atoms with Crippen molar-refractivity contribution in [2.45, 2.75) is 19.0 Å². The third-order valence-corrected chi connectivity index (χ3v) is 4.61. The number of carbonyl (C=O) groups is 1. The first kappa shape index (κ1) is 17.7. The summed E-state index contributed by atoms with van der Waals surface area (Å²) in [4.78, 5) is 13.3. The number of benzene rings is 1. The minimum atomic E-state index is -4.26. The molecule has 1 unspecified atom stereocenters. The van der Waals surface area contributed by atoms with E-state index in [0.717, 1.165) is 3.57 Å². The van der Waals surface area contributed by atoms with Crippen molar-refractivity contribution < 1.29 is 22.7 Å². The number of piperidine rings is 1. The van der Waals surface area contributed by atoms with Crippen LogP contribution in [-0.4, -0.2) is 36.7 Å². The molecular weight excluding hydrogens is 434 g/mol. The second kappa shape index (κ2) is 7.25. The largest absolute Gasteiger partial charge is 0.483 e. The maximum atomic E-state index is 12.7. The van der Waals surface area contributed by atoms with Crippen molar-refractivity contribution in [3.8, 4) is 5.75 Å². The Kier molecular flexibility index (Phi) is 5.81. The minimum absolute atomic E-state index is 0.0698. The molecule has 1 amide bonds. The second-order valence-electron chi connectivity index (χ2n) is 5.08. The number of halogens is 5. The summed E-state index contributed by atoms with van der Waals surface area (Å²) in [6, 6.07) is 5.01. The molecule has 1 aromatic carbocycles. The van der Waals surface area contributed by atoms with Gasteiger partial charge in [-0.1, -0.05) is 11.6 Å². The van der Waals surface area contributed by atoms with Crippen molar-refractivity contribution in [2.24, 2.45) is 5.92 Å². The molecule has 1 fully saturated rings. The Morgan fingerprint density at radius 2 is 2.18 bits per heavy atom. The van der Waals surface area contributed by atoms with E-state index in [2.05, 4.69) is 0 Å². The number of amides is 1. The van der Waals surface area contributed by atoms with Gasteiger partial charge in [-0.2, -0.15) is 13.2 Å². The molecule has 22 heavy (non-hydrogen) atoms. The summed E-state index contributed by atoms with van der Waals surface area (Å²) in [6.07, 6.45) is -3.84. The zero-order chi connectivity index (χ0) is 16.3. The molecule has 1 atom stereocenters. The zero-order valence-electron chi connectivity index (χ0n) is 11.5. The highest BCUT2D eigenvalue weighted by Crippen LogP contribution is 2.33. The van der Waals surface area contributed by atoms with Crippen LogP contribution in [0.3, 0.4) is 0 Å². The summed E-state index contributed by atoms with van der Waals surface area (Å²) in [6.45, 7) is -0.249. The fourth-order valence-corrected chi connectivity index (χ4v) is 2.94. The third-order valence-electron chi connectivity index (χ3n) is 3.48. The molecule has 0 aromatic heterocycles. The van der Waals surface area contributed by atoms with Gasteiger partial charge in [0.1, 0.15) is 5.75 Å². The van der Waals surface area contributed by atoms with Gasteiger partial charge in [0.15, 0.2) is 6.61 Å². The number of ether oxygens (including phenoxy) is 1. The first-order valence-electron chi connectivity index (χ1n) is 6.69. The van der Waals surface area contributed by atoms with Crippen LogP contribution in [0, 0.1) is 9.49 Å². The van der Waals surface area contributed by atoms with Crippen molar-refractivity contribution in [3.05, 3.63) is 26.8 Å². The number of hydrogen-bond donors (Lipinski definition) is 0. The summed E-state index contributed by atoms with van der Waals surface area (Å²) < 4.78 is 44.4. The van der Waals surface area contributed by atoms with Gasteiger partial charge in [0.05, 0.1) is 9.49 Å². The number of rotatable bonds is 3. The van der Waals surface area contributed by atoms with Crippen molar-refractivity contribution in [1.82, 2.24) is 4.90 Å². The van der Waals surface area contributed by atoms with Gasteiger partial charge >= 0.3 is 6.18 Å². The number of hydrogen-bond acceptors (Lipinski definition) is 2. The molecule has 1 aromatic rings. The van der Waals surface area contributed by atoms with Gasteiger partial charge in [-0.05, 0) is 53.6 Å². The molecule has 1 heterocycles. The molecule has 0 radical (unpaired) electrons. The highest BCUT2D eigenvalue weighted by Gasteiger charge is 2.42. The number of carbonyl (C=O) groups excluding carboxylic acids is 1. The average Bonchev–Trinajstić information content (AvgIpc) is 2.47. The van der Waals surface area contributed by atoms with Crippen LogP contribution < -0.4 is 4.74 Å². The lowest BCUT2D eigenvalue weighted by molar-refractivity contribution is -0.188. The van der Waals surface area contributed by atoms with E-state index in [1.54, 1.807) is 18.2 Å². The molecule has 1 aliphatic rings. The molecule has 1 saturated heterocycles. The monoisotopic (exact) mass is 447 g/mol. The average molecular weight is 448 g/mol. The minimum Gasteiger partial charge on any atom is -0.483 e. The molecule has 122 valence electrons. The fraction of sp³-hybridized carbons (Fsp3) is 0.500. The van der Waals surface area contributed by atoms with Gasteiger partial charge in [0, 0.05) is 18.1 Å². The van der Waals surface area contributed by atoms with Gasteiger partial charge in [-0.15, -0.1) is 0 Å². The summed E-state index contributed by atoms with van der Waals surface area (Å²) in [7, 11) is 0. The smallest absolute Gasteiger partial charge is 0.393 e. The Balaban J connectivity index is 1.93.